The van der Waals surface area contributed by atoms with Crippen LogP contribution in [0.25, 0.3) is 0 Å². The van der Waals surface area contributed by atoms with Gasteiger partial charge in [0.1, 0.15) is 10.6 Å². The fraction of sp³-hybridized carbons (Fsp3) is 0.692. The van der Waals surface area contributed by atoms with Gasteiger partial charge in [-0.15, -0.1) is 11.8 Å². The second-order valence-electron chi connectivity index (χ2n) is 5.78. The van der Waals surface area contributed by atoms with Crippen LogP contribution in [-0.2, 0) is 20.8 Å². The van der Waals surface area contributed by atoms with E-state index in [-0.39, 0.29) is 27.5 Å². The van der Waals surface area contributed by atoms with Crippen LogP contribution in [-0.4, -0.2) is 72.9 Å². The minimum Gasteiger partial charge on any atom is -0.616 e. The first kappa shape index (κ1) is 17.4. The van der Waals surface area contributed by atoms with Crippen LogP contribution in [0.3, 0.4) is 0 Å². The number of carboxylic acid groups (broad SMARTS) is 1. The van der Waals surface area contributed by atoms with Crippen molar-refractivity contribution in [2.75, 3.05) is 19.3 Å². The van der Waals surface area contributed by atoms with E-state index in [1.807, 2.05) is 0 Å². The molecule has 0 aromatic carbocycles. The van der Waals surface area contributed by atoms with Crippen LogP contribution in [0.15, 0.2) is 9.93 Å². The van der Waals surface area contributed by atoms with Gasteiger partial charge in [-0.1, -0.05) is 22.9 Å². The molecule has 0 spiro atoms. The molecular formula is C13H18N2O5S3. The highest BCUT2D eigenvalue weighted by Gasteiger charge is 2.58. The molecule has 7 nitrogen and oxygen atoms in total. The van der Waals surface area contributed by atoms with E-state index < -0.39 is 29.2 Å². The van der Waals surface area contributed by atoms with Crippen molar-refractivity contribution in [3.05, 3.63) is 9.93 Å². The molecule has 3 aliphatic rings. The molecule has 10 heteroatoms. The van der Waals surface area contributed by atoms with Crippen LogP contribution in [0.1, 0.15) is 6.92 Å². The summed E-state index contributed by atoms with van der Waals surface area (Å²) in [7, 11) is 0. The van der Waals surface area contributed by atoms with E-state index in [2.05, 4.69) is 5.32 Å². The highest BCUT2D eigenvalue weighted by atomic mass is 32.2. The Hall–Kier alpha value is -0.390. The van der Waals surface area contributed by atoms with Crippen molar-refractivity contribution < 1.29 is 24.4 Å². The van der Waals surface area contributed by atoms with E-state index in [0.29, 0.717) is 17.3 Å². The largest absolute Gasteiger partial charge is 0.616 e. The molecule has 1 amide bonds. The number of amides is 1. The quantitative estimate of drug-likeness (QED) is 0.438. The lowest BCUT2D eigenvalue weighted by atomic mass is 9.92. The van der Waals surface area contributed by atoms with Gasteiger partial charge in [0.25, 0.3) is 0 Å². The molecule has 6 atom stereocenters. The fourth-order valence-electron chi connectivity index (χ4n) is 3.05. The van der Waals surface area contributed by atoms with Crippen LogP contribution >= 0.6 is 23.5 Å². The van der Waals surface area contributed by atoms with E-state index in [1.54, 1.807) is 13.2 Å². The van der Waals surface area contributed by atoms with Crippen LogP contribution in [0, 0.1) is 5.92 Å². The van der Waals surface area contributed by atoms with Gasteiger partial charge in [-0.3, -0.25) is 9.69 Å². The van der Waals surface area contributed by atoms with Crippen molar-refractivity contribution in [2.45, 2.75) is 28.9 Å². The molecule has 0 aromatic heterocycles. The molecule has 3 rings (SSSR count). The number of rotatable bonds is 5. The lowest BCUT2D eigenvalue weighted by Crippen LogP contribution is -2.60. The smallest absolute Gasteiger partial charge is 0.354 e. The molecule has 3 heterocycles. The summed E-state index contributed by atoms with van der Waals surface area (Å²) in [5.74, 6) is -2.05. The molecule has 23 heavy (non-hydrogen) atoms. The molecule has 5 unspecified atom stereocenters. The minimum absolute atomic E-state index is 0.000523. The molecule has 0 aliphatic carbocycles. The molecule has 128 valence electrons. The topological polar surface area (TPSA) is 113 Å². The third-order valence-electron chi connectivity index (χ3n) is 4.26. The van der Waals surface area contributed by atoms with Gasteiger partial charge in [0.15, 0.2) is 5.70 Å². The fourth-order valence-corrected chi connectivity index (χ4v) is 7.79. The van der Waals surface area contributed by atoms with E-state index in [1.165, 1.54) is 28.4 Å². The number of β-lactam (4-membered cyclic amide) rings is 1. The number of aliphatic hydroxyl groups excluding tert-OH is 1. The summed E-state index contributed by atoms with van der Waals surface area (Å²) in [5.41, 5.74) is -0.000523. The number of carboxylic acids is 1. The third kappa shape index (κ3) is 2.89. The average molecular weight is 378 g/mol. The number of aliphatic hydroxyl groups is 1. The maximum absolute atomic E-state index is 12.1. The first-order valence-corrected chi connectivity index (χ1v) is 10.6. The Balaban J connectivity index is 1.81. The summed E-state index contributed by atoms with van der Waals surface area (Å²) in [5, 5.41) is 22.0. The zero-order chi connectivity index (χ0) is 16.9. The minimum atomic E-state index is -1.14. The Kier molecular flexibility index (Phi) is 4.92. The molecule has 0 aromatic rings. The molecule has 3 N–H and O–H groups in total. The van der Waals surface area contributed by atoms with E-state index in [4.69, 9.17) is 0 Å². The highest BCUT2D eigenvalue weighted by molar-refractivity contribution is 8.23. The van der Waals surface area contributed by atoms with E-state index >= 15 is 0 Å². The second-order valence-corrected chi connectivity index (χ2v) is 10.0. The number of aliphatic carboxylic acids is 1. The lowest BCUT2D eigenvalue weighted by molar-refractivity contribution is -0.156. The van der Waals surface area contributed by atoms with E-state index in [0.717, 1.165) is 0 Å². The summed E-state index contributed by atoms with van der Waals surface area (Å²) in [4.78, 5) is 25.0. The molecule has 0 saturated carbocycles. The summed E-state index contributed by atoms with van der Waals surface area (Å²) >= 11 is 1.70. The van der Waals surface area contributed by atoms with Gasteiger partial charge >= 0.3 is 5.97 Å². The summed E-state index contributed by atoms with van der Waals surface area (Å²) in [6.07, 6.45) is 0.847. The number of nitrogens with one attached hydrogen (secondary N) is 1. The Labute approximate surface area is 145 Å². The van der Waals surface area contributed by atoms with E-state index in [9.17, 15) is 24.4 Å². The van der Waals surface area contributed by atoms with Gasteiger partial charge in [0.2, 0.25) is 5.91 Å². The summed E-state index contributed by atoms with van der Waals surface area (Å²) in [6, 6.07) is 0. The molecule has 0 bridgehead atoms. The Morgan fingerprint density at radius 2 is 2.26 bits per heavy atom. The van der Waals surface area contributed by atoms with Gasteiger partial charge in [-0.2, -0.15) is 0 Å². The van der Waals surface area contributed by atoms with Gasteiger partial charge in [0, 0.05) is 13.1 Å². The molecule has 3 aliphatic heterocycles. The summed E-state index contributed by atoms with van der Waals surface area (Å²) < 4.78 is 12.4. The van der Waals surface area contributed by atoms with Gasteiger partial charge in [-0.05, 0) is 6.92 Å². The lowest BCUT2D eigenvalue weighted by Gasteiger charge is -2.43. The molecule has 2 saturated heterocycles. The number of nitrogens with zero attached hydrogens (tertiary/aromatic N) is 1. The SMILES string of the molecule is CC(O)C1C(=O)N2C(C(=O)O)=C(SC3CNCC3[S+](C)[O-])S[C@H]12. The second kappa shape index (κ2) is 6.49. The van der Waals surface area contributed by atoms with Crippen LogP contribution in [0.2, 0.25) is 0 Å². The zero-order valence-electron chi connectivity index (χ0n) is 12.6. The monoisotopic (exact) mass is 378 g/mol. The maximum Gasteiger partial charge on any atom is 0.354 e. The van der Waals surface area contributed by atoms with Crippen molar-refractivity contribution in [2.24, 2.45) is 5.92 Å². The number of carbonyl (C=O) groups is 2. The number of hydrogen-bond acceptors (Lipinski definition) is 7. The van der Waals surface area contributed by atoms with Crippen molar-refractivity contribution in [3.8, 4) is 0 Å². The zero-order valence-corrected chi connectivity index (χ0v) is 15.0. The van der Waals surface area contributed by atoms with Gasteiger partial charge in [0.05, 0.1) is 27.8 Å². The third-order valence-corrected chi connectivity index (χ3v) is 8.71. The van der Waals surface area contributed by atoms with Crippen LogP contribution in [0.4, 0.5) is 0 Å². The number of thioether (sulfide) groups is 2. The predicted octanol–water partition coefficient (Wildman–Crippen LogP) is -0.396. The number of hydrogen-bond donors (Lipinski definition) is 3. The summed E-state index contributed by atoms with van der Waals surface area (Å²) in [6.45, 7) is 2.84. The van der Waals surface area contributed by atoms with Gasteiger partial charge in [-0.25, -0.2) is 4.79 Å². The standard InChI is InChI=1S/C13H18N2O5S3/c1-5(16)8-10(17)15-9(12(18)19)13(22-11(8)15)21-6-3-14-4-7(6)23(2)20/h5-8,11,14,16H,3-4H2,1-2H3,(H,18,19)/t5?,6?,7?,8?,11-,23?/m1/s1. The van der Waals surface area contributed by atoms with Crippen molar-refractivity contribution in [3.63, 3.8) is 0 Å². The van der Waals surface area contributed by atoms with Crippen molar-refractivity contribution >= 4 is 46.6 Å². The van der Waals surface area contributed by atoms with Gasteiger partial charge < -0.3 is 20.1 Å². The normalized spacial score (nSPS) is 36.0. The Morgan fingerprint density at radius 1 is 1.57 bits per heavy atom. The van der Waals surface area contributed by atoms with Crippen LogP contribution < -0.4 is 5.32 Å². The first-order chi connectivity index (χ1) is 10.8. The van der Waals surface area contributed by atoms with Crippen molar-refractivity contribution in [1.29, 1.82) is 0 Å². The average Bonchev–Trinajstić information content (AvgIpc) is 3.01. The predicted molar refractivity (Wildman–Crippen MR) is 90.2 cm³/mol. The molecular weight excluding hydrogens is 360 g/mol. The Bertz CT molecular complexity index is 568. The van der Waals surface area contributed by atoms with Crippen LogP contribution in [0.5, 0.6) is 0 Å². The maximum atomic E-state index is 12.1. The number of carbonyl (C=O) groups excluding carboxylic acids is 1. The Morgan fingerprint density at radius 3 is 2.83 bits per heavy atom. The van der Waals surface area contributed by atoms with Crippen molar-refractivity contribution in [1.82, 2.24) is 10.2 Å². The first-order valence-electron chi connectivity index (χ1n) is 7.18. The highest BCUT2D eigenvalue weighted by Crippen LogP contribution is 2.55. The molecule has 2 fully saturated rings. The molecule has 0 radical (unpaired) electrons. The number of fused-ring (bicyclic) bond motifs is 1.